The minimum absolute atomic E-state index is 0.00498. The highest BCUT2D eigenvalue weighted by atomic mass is 79.9. The summed E-state index contributed by atoms with van der Waals surface area (Å²) >= 11 is 3.30. The van der Waals surface area contributed by atoms with Crippen molar-refractivity contribution in [2.24, 2.45) is 0 Å². The number of nitrogens with zero attached hydrogens (tertiary/aromatic N) is 1. The Labute approximate surface area is 128 Å². The third kappa shape index (κ3) is 3.57. The monoisotopic (exact) mass is 351 g/mol. The summed E-state index contributed by atoms with van der Waals surface area (Å²) < 4.78 is 11.1. The number of esters is 1. The molecule has 2 rings (SSSR count). The van der Waals surface area contributed by atoms with Crippen molar-refractivity contribution in [3.8, 4) is 11.5 Å². The molecule has 2 aromatic carbocycles. The number of halogens is 1. The minimum Gasteiger partial charge on any atom is -0.465 e. The molecule has 0 spiro atoms. The number of non-ortho nitro benzene ring substituents is 1. The molecule has 0 aliphatic rings. The van der Waals surface area contributed by atoms with Crippen molar-refractivity contribution in [2.75, 3.05) is 7.11 Å². The predicted octanol–water partition coefficient (Wildman–Crippen LogP) is 3.94. The topological polar surface area (TPSA) is 78.7 Å². The van der Waals surface area contributed by atoms with Crippen LogP contribution in [-0.4, -0.2) is 18.0 Å². The van der Waals surface area contributed by atoms with Gasteiger partial charge in [0.15, 0.2) is 0 Å². The summed E-state index contributed by atoms with van der Waals surface area (Å²) in [5, 5.41) is 10.8. The van der Waals surface area contributed by atoms with Gasteiger partial charge < -0.3 is 9.47 Å². The Balaban J connectivity index is 2.40. The van der Waals surface area contributed by atoms with Crippen LogP contribution < -0.4 is 4.74 Å². The molecule has 0 aliphatic heterocycles. The smallest absolute Gasteiger partial charge is 0.341 e. The SMILES string of the molecule is COC(=O)c1cc([N+](=O)[O-])ccc1Oc1ccc(Br)cc1. The number of hydrogen-bond acceptors (Lipinski definition) is 5. The molecule has 2 aromatic rings. The lowest BCUT2D eigenvalue weighted by Crippen LogP contribution is -2.04. The molecule has 0 saturated carbocycles. The van der Waals surface area contributed by atoms with Crippen molar-refractivity contribution in [1.82, 2.24) is 0 Å². The largest absolute Gasteiger partial charge is 0.465 e. The standard InChI is InChI=1S/C14H10BrNO5/c1-20-14(17)12-8-10(16(18)19)4-7-13(12)21-11-5-2-9(15)3-6-11/h2-8H,1H3. The van der Waals surface area contributed by atoms with Crippen LogP contribution in [-0.2, 0) is 4.74 Å². The molecule has 0 atom stereocenters. The van der Waals surface area contributed by atoms with Gasteiger partial charge in [0.25, 0.3) is 5.69 Å². The van der Waals surface area contributed by atoms with Crippen LogP contribution >= 0.6 is 15.9 Å². The highest BCUT2D eigenvalue weighted by Gasteiger charge is 2.18. The molecule has 108 valence electrons. The van der Waals surface area contributed by atoms with Crippen molar-refractivity contribution < 1.29 is 19.2 Å². The van der Waals surface area contributed by atoms with Crippen molar-refractivity contribution in [1.29, 1.82) is 0 Å². The summed E-state index contributed by atoms with van der Waals surface area (Å²) in [4.78, 5) is 21.9. The highest BCUT2D eigenvalue weighted by Crippen LogP contribution is 2.29. The molecule has 0 heterocycles. The normalized spacial score (nSPS) is 10.0. The van der Waals surface area contributed by atoms with Crippen LogP contribution in [0, 0.1) is 10.1 Å². The molecule has 0 unspecified atom stereocenters. The number of nitro benzene ring substituents is 1. The number of nitro groups is 1. The molecule has 0 aliphatic carbocycles. The van der Waals surface area contributed by atoms with Crippen molar-refractivity contribution >= 4 is 27.6 Å². The van der Waals surface area contributed by atoms with Crippen LogP contribution in [0.4, 0.5) is 5.69 Å². The predicted molar refractivity (Wildman–Crippen MR) is 78.7 cm³/mol. The Morgan fingerprint density at radius 3 is 2.43 bits per heavy atom. The van der Waals surface area contributed by atoms with Gasteiger partial charge in [0.05, 0.1) is 12.0 Å². The maximum atomic E-state index is 11.7. The molecular formula is C14H10BrNO5. The zero-order chi connectivity index (χ0) is 15.4. The van der Waals surface area contributed by atoms with Gasteiger partial charge in [-0.05, 0) is 30.3 Å². The number of benzene rings is 2. The summed E-state index contributed by atoms with van der Waals surface area (Å²) in [5.74, 6) is -0.0159. The van der Waals surface area contributed by atoms with Gasteiger partial charge in [0.2, 0.25) is 0 Å². The van der Waals surface area contributed by atoms with E-state index in [0.717, 1.165) is 10.5 Å². The molecule has 0 bridgehead atoms. The highest BCUT2D eigenvalue weighted by molar-refractivity contribution is 9.10. The van der Waals surface area contributed by atoms with E-state index in [9.17, 15) is 14.9 Å². The average molecular weight is 352 g/mol. The first-order chi connectivity index (χ1) is 10.0. The number of ether oxygens (including phenoxy) is 2. The first-order valence-corrected chi connectivity index (χ1v) is 6.60. The molecule has 0 saturated heterocycles. The zero-order valence-corrected chi connectivity index (χ0v) is 12.5. The summed E-state index contributed by atoms with van der Waals surface area (Å²) in [6.45, 7) is 0. The van der Waals surface area contributed by atoms with Gasteiger partial charge in [-0.3, -0.25) is 10.1 Å². The van der Waals surface area contributed by atoms with Gasteiger partial charge in [-0.25, -0.2) is 4.79 Å². The fraction of sp³-hybridized carbons (Fsp3) is 0.0714. The molecule has 6 nitrogen and oxygen atoms in total. The average Bonchev–Trinajstić information content (AvgIpc) is 2.49. The van der Waals surface area contributed by atoms with Crippen LogP contribution in [0.1, 0.15) is 10.4 Å². The Bertz CT molecular complexity index is 684. The van der Waals surface area contributed by atoms with Crippen LogP contribution in [0.25, 0.3) is 0 Å². The van der Waals surface area contributed by atoms with E-state index >= 15 is 0 Å². The second kappa shape index (κ2) is 6.36. The maximum Gasteiger partial charge on any atom is 0.341 e. The van der Waals surface area contributed by atoms with Crippen LogP contribution in [0.15, 0.2) is 46.9 Å². The lowest BCUT2D eigenvalue weighted by Gasteiger charge is -2.09. The van der Waals surface area contributed by atoms with E-state index in [2.05, 4.69) is 20.7 Å². The number of carbonyl (C=O) groups excluding carboxylic acids is 1. The van der Waals surface area contributed by atoms with E-state index < -0.39 is 10.9 Å². The number of carbonyl (C=O) groups is 1. The molecule has 0 radical (unpaired) electrons. The van der Waals surface area contributed by atoms with Gasteiger partial charge in [-0.2, -0.15) is 0 Å². The first kappa shape index (κ1) is 15.0. The van der Waals surface area contributed by atoms with Crippen LogP contribution in [0.3, 0.4) is 0 Å². The van der Waals surface area contributed by atoms with E-state index in [1.165, 1.54) is 19.2 Å². The zero-order valence-electron chi connectivity index (χ0n) is 10.9. The molecule has 21 heavy (non-hydrogen) atoms. The Morgan fingerprint density at radius 1 is 1.19 bits per heavy atom. The quantitative estimate of drug-likeness (QED) is 0.473. The molecule has 0 N–H and O–H groups in total. The third-order valence-electron chi connectivity index (χ3n) is 2.62. The van der Waals surface area contributed by atoms with Gasteiger partial charge in [-0.15, -0.1) is 0 Å². The Morgan fingerprint density at radius 2 is 1.86 bits per heavy atom. The van der Waals surface area contributed by atoms with Gasteiger partial charge >= 0.3 is 5.97 Å². The Kier molecular flexibility index (Phi) is 4.54. The Hall–Kier alpha value is -2.41. The number of hydrogen-bond donors (Lipinski definition) is 0. The van der Waals surface area contributed by atoms with Gasteiger partial charge in [-0.1, -0.05) is 15.9 Å². The van der Waals surface area contributed by atoms with Gasteiger partial charge in [0, 0.05) is 16.6 Å². The lowest BCUT2D eigenvalue weighted by atomic mass is 10.2. The van der Waals surface area contributed by atoms with Crippen molar-refractivity contribution in [3.05, 3.63) is 62.6 Å². The van der Waals surface area contributed by atoms with Crippen LogP contribution in [0.5, 0.6) is 11.5 Å². The second-order valence-electron chi connectivity index (χ2n) is 3.99. The molecule has 0 amide bonds. The van der Waals surface area contributed by atoms with E-state index in [4.69, 9.17) is 4.74 Å². The minimum atomic E-state index is -0.703. The third-order valence-corrected chi connectivity index (χ3v) is 3.15. The molecular weight excluding hydrogens is 342 g/mol. The fourth-order valence-electron chi connectivity index (χ4n) is 1.62. The number of rotatable bonds is 4. The van der Waals surface area contributed by atoms with E-state index in [-0.39, 0.29) is 17.0 Å². The van der Waals surface area contributed by atoms with Crippen molar-refractivity contribution in [3.63, 3.8) is 0 Å². The van der Waals surface area contributed by atoms with Crippen molar-refractivity contribution in [2.45, 2.75) is 0 Å². The second-order valence-corrected chi connectivity index (χ2v) is 4.90. The summed E-state index contributed by atoms with van der Waals surface area (Å²) in [7, 11) is 1.20. The van der Waals surface area contributed by atoms with Crippen LogP contribution in [0.2, 0.25) is 0 Å². The first-order valence-electron chi connectivity index (χ1n) is 5.81. The number of methoxy groups -OCH3 is 1. The summed E-state index contributed by atoms with van der Waals surface area (Å²) in [6, 6.07) is 10.7. The van der Waals surface area contributed by atoms with E-state index in [1.807, 2.05) is 0 Å². The molecule has 0 aromatic heterocycles. The lowest BCUT2D eigenvalue weighted by molar-refractivity contribution is -0.384. The maximum absolute atomic E-state index is 11.7. The molecule has 0 fully saturated rings. The fourth-order valence-corrected chi connectivity index (χ4v) is 1.88. The van der Waals surface area contributed by atoms with Gasteiger partial charge in [0.1, 0.15) is 17.1 Å². The van der Waals surface area contributed by atoms with E-state index in [0.29, 0.717) is 5.75 Å². The summed E-state index contributed by atoms with van der Waals surface area (Å²) in [6.07, 6.45) is 0. The molecule has 7 heteroatoms. The van der Waals surface area contributed by atoms with E-state index in [1.54, 1.807) is 24.3 Å². The summed E-state index contributed by atoms with van der Waals surface area (Å²) in [5.41, 5.74) is -0.215.